The fourth-order valence-electron chi connectivity index (χ4n) is 1.83. The molecule has 0 heterocycles. The summed E-state index contributed by atoms with van der Waals surface area (Å²) < 4.78 is 27.5. The Morgan fingerprint density at radius 3 is 2.48 bits per heavy atom. The van der Waals surface area contributed by atoms with E-state index >= 15 is 0 Å². The Kier molecular flexibility index (Phi) is 4.78. The van der Waals surface area contributed by atoms with Gasteiger partial charge in [-0.2, -0.15) is 0 Å². The minimum absolute atomic E-state index is 0.0218. The number of rotatable bonds is 4. The molecule has 0 fully saturated rings. The highest BCUT2D eigenvalue weighted by molar-refractivity contribution is 7.92. The van der Waals surface area contributed by atoms with Gasteiger partial charge in [-0.15, -0.1) is 0 Å². The summed E-state index contributed by atoms with van der Waals surface area (Å²) in [7, 11) is -3.84. The molecule has 0 bridgehead atoms. The van der Waals surface area contributed by atoms with Gasteiger partial charge >= 0.3 is 0 Å². The standard InChI is InChI=1S/C14H14Cl2N2O2S/c1-9-3-2-4-12(16)14(9)18-21(19,20)13-7-10(8-17)5-6-11(13)15/h2-7,18H,8,17H2,1H3. The van der Waals surface area contributed by atoms with Crippen molar-refractivity contribution in [2.45, 2.75) is 18.4 Å². The molecule has 7 heteroatoms. The Hall–Kier alpha value is -1.27. The first-order chi connectivity index (χ1) is 9.85. The van der Waals surface area contributed by atoms with Gasteiger partial charge in [-0.1, -0.05) is 41.4 Å². The normalized spacial score (nSPS) is 11.4. The maximum absolute atomic E-state index is 12.5. The van der Waals surface area contributed by atoms with E-state index in [1.807, 2.05) is 0 Å². The van der Waals surface area contributed by atoms with Gasteiger partial charge in [-0.3, -0.25) is 4.72 Å². The smallest absolute Gasteiger partial charge is 0.263 e. The molecule has 0 aliphatic heterocycles. The third-order valence-corrected chi connectivity index (χ3v) is 5.13. The molecule has 0 unspecified atom stereocenters. The first-order valence-corrected chi connectivity index (χ1v) is 8.35. The fourth-order valence-corrected chi connectivity index (χ4v) is 3.86. The minimum atomic E-state index is -3.84. The van der Waals surface area contributed by atoms with Gasteiger partial charge in [0, 0.05) is 6.54 Å². The highest BCUT2D eigenvalue weighted by Crippen LogP contribution is 2.30. The molecule has 0 amide bonds. The Morgan fingerprint density at radius 1 is 1.14 bits per heavy atom. The number of sulfonamides is 1. The zero-order chi connectivity index (χ0) is 15.6. The number of para-hydroxylation sites is 1. The number of anilines is 1. The second-order valence-corrected chi connectivity index (χ2v) is 6.97. The van der Waals surface area contributed by atoms with E-state index in [0.717, 1.165) is 5.56 Å². The lowest BCUT2D eigenvalue weighted by Gasteiger charge is -2.13. The molecule has 0 atom stereocenters. The van der Waals surface area contributed by atoms with Crippen LogP contribution in [0.2, 0.25) is 10.0 Å². The van der Waals surface area contributed by atoms with Crippen LogP contribution in [0.1, 0.15) is 11.1 Å². The molecule has 0 aliphatic carbocycles. The lowest BCUT2D eigenvalue weighted by molar-refractivity contribution is 0.601. The lowest BCUT2D eigenvalue weighted by Crippen LogP contribution is -2.15. The first-order valence-electron chi connectivity index (χ1n) is 6.11. The molecule has 3 N–H and O–H groups in total. The average Bonchev–Trinajstić information content (AvgIpc) is 2.43. The number of benzene rings is 2. The summed E-state index contributed by atoms with van der Waals surface area (Å²) in [5.74, 6) is 0. The van der Waals surface area contributed by atoms with E-state index in [4.69, 9.17) is 28.9 Å². The number of hydrogen-bond acceptors (Lipinski definition) is 3. The van der Waals surface area contributed by atoms with Crippen LogP contribution in [-0.4, -0.2) is 8.42 Å². The van der Waals surface area contributed by atoms with Gasteiger partial charge in [0.2, 0.25) is 0 Å². The third-order valence-electron chi connectivity index (χ3n) is 2.98. The Bertz CT molecular complexity index is 756. The monoisotopic (exact) mass is 344 g/mol. The van der Waals surface area contributed by atoms with E-state index in [0.29, 0.717) is 16.3 Å². The van der Waals surface area contributed by atoms with Crippen LogP contribution in [0.15, 0.2) is 41.3 Å². The molecule has 0 aliphatic rings. The van der Waals surface area contributed by atoms with E-state index in [2.05, 4.69) is 4.72 Å². The predicted molar refractivity (Wildman–Crippen MR) is 86.3 cm³/mol. The summed E-state index contributed by atoms with van der Waals surface area (Å²) in [5, 5.41) is 0.453. The van der Waals surface area contributed by atoms with Gasteiger partial charge in [0.1, 0.15) is 4.90 Å². The SMILES string of the molecule is Cc1cccc(Cl)c1NS(=O)(=O)c1cc(CN)ccc1Cl. The van der Waals surface area contributed by atoms with Gasteiger partial charge in [-0.05, 0) is 36.2 Å². The second-order valence-electron chi connectivity index (χ2n) is 4.51. The predicted octanol–water partition coefficient (Wildman–Crippen LogP) is 3.56. The number of nitrogens with one attached hydrogen (secondary N) is 1. The fraction of sp³-hybridized carbons (Fsp3) is 0.143. The summed E-state index contributed by atoms with van der Waals surface area (Å²) in [4.78, 5) is -0.0218. The number of aryl methyl sites for hydroxylation is 1. The van der Waals surface area contributed by atoms with Gasteiger partial charge in [-0.25, -0.2) is 8.42 Å². The van der Waals surface area contributed by atoms with Crippen molar-refractivity contribution in [1.82, 2.24) is 0 Å². The lowest BCUT2D eigenvalue weighted by atomic mass is 10.2. The van der Waals surface area contributed by atoms with Crippen molar-refractivity contribution < 1.29 is 8.42 Å². The van der Waals surface area contributed by atoms with Crippen molar-refractivity contribution in [3.05, 3.63) is 57.6 Å². The van der Waals surface area contributed by atoms with Crippen molar-refractivity contribution >= 4 is 38.9 Å². The second kappa shape index (κ2) is 6.23. The van der Waals surface area contributed by atoms with E-state index in [9.17, 15) is 8.42 Å². The number of halogens is 2. The molecule has 21 heavy (non-hydrogen) atoms. The summed E-state index contributed by atoms with van der Waals surface area (Å²) in [6, 6.07) is 9.78. The van der Waals surface area contributed by atoms with Crippen LogP contribution in [0.4, 0.5) is 5.69 Å². The molecular formula is C14H14Cl2N2O2S. The Morgan fingerprint density at radius 2 is 1.86 bits per heavy atom. The molecule has 0 aromatic heterocycles. The van der Waals surface area contributed by atoms with Crippen LogP contribution in [0.3, 0.4) is 0 Å². The maximum Gasteiger partial charge on any atom is 0.263 e. The molecule has 4 nitrogen and oxygen atoms in total. The van der Waals surface area contributed by atoms with Crippen molar-refractivity contribution in [2.75, 3.05) is 4.72 Å². The quantitative estimate of drug-likeness (QED) is 0.890. The van der Waals surface area contributed by atoms with E-state index in [1.54, 1.807) is 31.2 Å². The topological polar surface area (TPSA) is 72.2 Å². The Balaban J connectivity index is 2.48. The largest absolute Gasteiger partial charge is 0.326 e. The highest BCUT2D eigenvalue weighted by Gasteiger charge is 2.20. The molecule has 0 spiro atoms. The van der Waals surface area contributed by atoms with Gasteiger partial charge in [0.25, 0.3) is 10.0 Å². The molecule has 0 saturated carbocycles. The van der Waals surface area contributed by atoms with E-state index < -0.39 is 10.0 Å². The molecule has 2 rings (SSSR count). The summed E-state index contributed by atoms with van der Waals surface area (Å²) in [6.07, 6.45) is 0. The van der Waals surface area contributed by atoms with Crippen molar-refractivity contribution in [2.24, 2.45) is 5.73 Å². The zero-order valence-corrected chi connectivity index (χ0v) is 13.6. The maximum atomic E-state index is 12.5. The molecule has 2 aromatic carbocycles. The molecule has 0 saturated heterocycles. The van der Waals surface area contributed by atoms with Gasteiger partial charge in [0.05, 0.1) is 15.7 Å². The van der Waals surface area contributed by atoms with Crippen molar-refractivity contribution in [1.29, 1.82) is 0 Å². The molecule has 0 radical (unpaired) electrons. The first kappa shape index (κ1) is 16.1. The summed E-state index contributed by atoms with van der Waals surface area (Å²) in [6.45, 7) is 1.99. The molecule has 2 aromatic rings. The van der Waals surface area contributed by atoms with Crippen LogP contribution in [-0.2, 0) is 16.6 Å². The number of hydrogen-bond donors (Lipinski definition) is 2. The summed E-state index contributed by atoms with van der Waals surface area (Å²) >= 11 is 12.0. The van der Waals surface area contributed by atoms with Crippen molar-refractivity contribution in [3.8, 4) is 0 Å². The average molecular weight is 345 g/mol. The van der Waals surface area contributed by atoms with E-state index in [1.165, 1.54) is 12.1 Å². The van der Waals surface area contributed by atoms with Crippen LogP contribution in [0.25, 0.3) is 0 Å². The van der Waals surface area contributed by atoms with Crippen LogP contribution < -0.4 is 10.5 Å². The van der Waals surface area contributed by atoms with Gasteiger partial charge in [0.15, 0.2) is 0 Å². The minimum Gasteiger partial charge on any atom is -0.326 e. The molecular weight excluding hydrogens is 331 g/mol. The van der Waals surface area contributed by atoms with Gasteiger partial charge < -0.3 is 5.73 Å². The van der Waals surface area contributed by atoms with Crippen LogP contribution >= 0.6 is 23.2 Å². The van der Waals surface area contributed by atoms with Crippen LogP contribution in [0, 0.1) is 6.92 Å². The van der Waals surface area contributed by atoms with Crippen molar-refractivity contribution in [3.63, 3.8) is 0 Å². The third kappa shape index (κ3) is 3.49. The Labute approximate surface area is 133 Å². The summed E-state index contributed by atoms with van der Waals surface area (Å²) in [5.41, 5.74) is 7.27. The van der Waals surface area contributed by atoms with Crippen LogP contribution in [0.5, 0.6) is 0 Å². The number of nitrogens with two attached hydrogens (primary N) is 1. The zero-order valence-electron chi connectivity index (χ0n) is 11.2. The van der Waals surface area contributed by atoms with E-state index in [-0.39, 0.29) is 16.5 Å². The molecule has 112 valence electrons. The highest BCUT2D eigenvalue weighted by atomic mass is 35.5.